The lowest BCUT2D eigenvalue weighted by molar-refractivity contribution is 0.122. The molecule has 0 bridgehead atoms. The highest BCUT2D eigenvalue weighted by Crippen LogP contribution is 2.32. The van der Waals surface area contributed by atoms with E-state index >= 15 is 0 Å². The summed E-state index contributed by atoms with van der Waals surface area (Å²) in [6, 6.07) is 10.4. The Labute approximate surface area is 190 Å². The van der Waals surface area contributed by atoms with E-state index in [1.54, 1.807) is 11.3 Å². The third kappa shape index (κ3) is 3.87. The summed E-state index contributed by atoms with van der Waals surface area (Å²) in [5.41, 5.74) is 1.93. The number of aromatic amines is 1. The minimum absolute atomic E-state index is 0.679. The number of benzene rings is 1. The number of thiophene rings is 1. The molecule has 3 aromatic heterocycles. The second kappa shape index (κ2) is 8.57. The lowest BCUT2D eigenvalue weighted by atomic mass is 10.1. The zero-order chi connectivity index (χ0) is 21.3. The number of nitrogens with zero attached hydrogens (tertiary/aromatic N) is 6. The van der Waals surface area contributed by atoms with E-state index in [0.717, 1.165) is 46.8 Å². The molecule has 2 fully saturated rings. The van der Waals surface area contributed by atoms with Gasteiger partial charge in [-0.25, -0.2) is 4.98 Å². The molecular weight excluding hydrogens is 422 g/mol. The number of rotatable bonds is 5. The number of likely N-dealkylation sites (tertiary alicyclic amines) is 1. The summed E-state index contributed by atoms with van der Waals surface area (Å²) >= 11 is 1.78. The Hall–Kier alpha value is -2.88. The third-order valence-corrected chi connectivity index (χ3v) is 7.17. The van der Waals surface area contributed by atoms with Gasteiger partial charge in [-0.2, -0.15) is 15.1 Å². The van der Waals surface area contributed by atoms with E-state index in [0.29, 0.717) is 25.0 Å². The molecule has 5 heterocycles. The van der Waals surface area contributed by atoms with Gasteiger partial charge >= 0.3 is 0 Å². The molecule has 2 aliphatic heterocycles. The summed E-state index contributed by atoms with van der Waals surface area (Å²) in [6.07, 6.45) is 4.44. The van der Waals surface area contributed by atoms with Gasteiger partial charge in [0.05, 0.1) is 29.8 Å². The summed E-state index contributed by atoms with van der Waals surface area (Å²) in [4.78, 5) is 21.8. The number of hydrogen-bond donors (Lipinski definition) is 1. The van der Waals surface area contributed by atoms with Crippen LogP contribution in [0.15, 0.2) is 36.5 Å². The number of morpholine rings is 1. The van der Waals surface area contributed by atoms with E-state index < -0.39 is 0 Å². The molecule has 2 aliphatic rings. The van der Waals surface area contributed by atoms with Gasteiger partial charge in [0.25, 0.3) is 0 Å². The van der Waals surface area contributed by atoms with Gasteiger partial charge < -0.3 is 9.64 Å². The first-order chi connectivity index (χ1) is 15.8. The van der Waals surface area contributed by atoms with E-state index in [2.05, 4.69) is 32.1 Å². The van der Waals surface area contributed by atoms with Crippen molar-refractivity contribution in [3.05, 3.63) is 41.4 Å². The highest BCUT2D eigenvalue weighted by Gasteiger charge is 2.20. The van der Waals surface area contributed by atoms with E-state index in [1.165, 1.54) is 30.8 Å². The molecule has 0 aliphatic carbocycles. The Bertz CT molecular complexity index is 1220. The average molecular weight is 448 g/mol. The molecule has 32 heavy (non-hydrogen) atoms. The van der Waals surface area contributed by atoms with Crippen LogP contribution >= 0.6 is 11.3 Å². The minimum atomic E-state index is 0.679. The van der Waals surface area contributed by atoms with Gasteiger partial charge in [-0.1, -0.05) is 12.1 Å². The number of nitrogens with one attached hydrogen (secondary N) is 1. The van der Waals surface area contributed by atoms with Gasteiger partial charge in [-0.05, 0) is 44.1 Å². The predicted molar refractivity (Wildman–Crippen MR) is 126 cm³/mol. The zero-order valence-corrected chi connectivity index (χ0v) is 18.6. The molecule has 0 spiro atoms. The number of anilines is 1. The highest BCUT2D eigenvalue weighted by molar-refractivity contribution is 7.15. The van der Waals surface area contributed by atoms with Crippen molar-refractivity contribution in [1.82, 2.24) is 30.0 Å². The summed E-state index contributed by atoms with van der Waals surface area (Å²) in [5.74, 6) is 2.12. The summed E-state index contributed by atoms with van der Waals surface area (Å²) < 4.78 is 5.54. The van der Waals surface area contributed by atoms with Crippen LogP contribution in [0.4, 0.5) is 5.95 Å². The Morgan fingerprint density at radius 2 is 1.78 bits per heavy atom. The fourth-order valence-electron chi connectivity index (χ4n) is 4.41. The van der Waals surface area contributed by atoms with Crippen LogP contribution in [0, 0.1) is 0 Å². The van der Waals surface area contributed by atoms with Crippen molar-refractivity contribution in [1.29, 1.82) is 0 Å². The van der Waals surface area contributed by atoms with E-state index in [9.17, 15) is 0 Å². The van der Waals surface area contributed by atoms with E-state index in [-0.39, 0.29) is 0 Å². The Morgan fingerprint density at radius 1 is 0.938 bits per heavy atom. The number of H-pyrrole nitrogens is 1. The maximum absolute atomic E-state index is 5.54. The summed E-state index contributed by atoms with van der Waals surface area (Å²) in [7, 11) is 0. The van der Waals surface area contributed by atoms with Crippen LogP contribution in [0.25, 0.3) is 33.0 Å². The largest absolute Gasteiger partial charge is 0.378 e. The summed E-state index contributed by atoms with van der Waals surface area (Å²) in [6.45, 7) is 6.33. The van der Waals surface area contributed by atoms with Crippen molar-refractivity contribution in [3.63, 3.8) is 0 Å². The molecule has 164 valence electrons. The van der Waals surface area contributed by atoms with Gasteiger partial charge in [0.1, 0.15) is 0 Å². The van der Waals surface area contributed by atoms with Crippen LogP contribution < -0.4 is 4.90 Å². The van der Waals surface area contributed by atoms with Gasteiger partial charge in [-0.15, -0.1) is 11.3 Å². The number of fused-ring (bicyclic) bond motifs is 1. The number of hydrogen-bond acceptors (Lipinski definition) is 8. The van der Waals surface area contributed by atoms with Gasteiger partial charge in [0, 0.05) is 35.5 Å². The van der Waals surface area contributed by atoms with E-state index in [4.69, 9.17) is 19.7 Å². The summed E-state index contributed by atoms with van der Waals surface area (Å²) in [5, 5.41) is 8.26. The van der Waals surface area contributed by atoms with Crippen LogP contribution in [-0.4, -0.2) is 69.4 Å². The quantitative estimate of drug-likeness (QED) is 0.501. The molecule has 0 radical (unpaired) electrons. The molecule has 6 rings (SSSR count). The molecule has 0 amide bonds. The zero-order valence-electron chi connectivity index (χ0n) is 17.8. The maximum Gasteiger partial charge on any atom is 0.229 e. The standard InChI is InChI=1S/C23H25N7OS/c1-2-9-29(8-1)15-16-6-7-20(32-16)22-25-21(17-4-3-5-19-18(17)14-24-28-19)26-23(27-22)30-10-12-31-13-11-30/h3-7,14H,1-2,8-13,15H2,(H,24,28). The monoisotopic (exact) mass is 447 g/mol. The first kappa shape index (κ1) is 19.8. The van der Waals surface area contributed by atoms with Gasteiger partial charge in [-0.3, -0.25) is 10.00 Å². The third-order valence-electron chi connectivity index (χ3n) is 6.10. The van der Waals surface area contributed by atoms with Crippen molar-refractivity contribution in [2.24, 2.45) is 0 Å². The van der Waals surface area contributed by atoms with Crippen LogP contribution in [-0.2, 0) is 11.3 Å². The Morgan fingerprint density at radius 3 is 2.66 bits per heavy atom. The molecule has 4 aromatic rings. The van der Waals surface area contributed by atoms with Crippen molar-refractivity contribution < 1.29 is 4.74 Å². The Balaban J connectivity index is 1.41. The average Bonchev–Trinajstić information content (AvgIpc) is 3.61. The Kier molecular flexibility index (Phi) is 5.30. The maximum atomic E-state index is 5.54. The SMILES string of the molecule is c1cc(-c2nc(-c3ccc(CN4CCCC4)s3)nc(N3CCOCC3)n2)c2cn[nH]c2c1. The minimum Gasteiger partial charge on any atom is -0.378 e. The van der Waals surface area contributed by atoms with Crippen LogP contribution in [0.5, 0.6) is 0 Å². The first-order valence-corrected chi connectivity index (χ1v) is 12.0. The lowest BCUT2D eigenvalue weighted by Gasteiger charge is -2.27. The lowest BCUT2D eigenvalue weighted by Crippen LogP contribution is -2.37. The number of ether oxygens (including phenoxy) is 1. The predicted octanol–water partition coefficient (Wildman–Crippen LogP) is 3.58. The smallest absolute Gasteiger partial charge is 0.229 e. The van der Waals surface area contributed by atoms with E-state index in [1.807, 2.05) is 24.4 Å². The molecule has 0 saturated carbocycles. The van der Waals surface area contributed by atoms with Crippen molar-refractivity contribution >= 4 is 28.2 Å². The second-order valence-electron chi connectivity index (χ2n) is 8.27. The van der Waals surface area contributed by atoms with Gasteiger partial charge in [0.15, 0.2) is 11.6 Å². The molecule has 1 aromatic carbocycles. The molecule has 2 saturated heterocycles. The second-order valence-corrected chi connectivity index (χ2v) is 9.44. The topological polar surface area (TPSA) is 83.1 Å². The van der Waals surface area contributed by atoms with Crippen LogP contribution in [0.2, 0.25) is 0 Å². The van der Waals surface area contributed by atoms with Crippen LogP contribution in [0.3, 0.4) is 0 Å². The highest BCUT2D eigenvalue weighted by atomic mass is 32.1. The molecule has 0 atom stereocenters. The molecule has 0 unspecified atom stereocenters. The van der Waals surface area contributed by atoms with Gasteiger partial charge in [0.2, 0.25) is 5.95 Å². The molecule has 9 heteroatoms. The number of aromatic nitrogens is 5. The van der Waals surface area contributed by atoms with Crippen LogP contribution in [0.1, 0.15) is 17.7 Å². The normalized spacial score (nSPS) is 17.4. The van der Waals surface area contributed by atoms with Crippen molar-refractivity contribution in [2.45, 2.75) is 19.4 Å². The van der Waals surface area contributed by atoms with Crippen molar-refractivity contribution in [3.8, 4) is 22.1 Å². The molecule has 1 N–H and O–H groups in total. The van der Waals surface area contributed by atoms with Crippen molar-refractivity contribution in [2.75, 3.05) is 44.3 Å². The molecule has 8 nitrogen and oxygen atoms in total. The fraction of sp³-hybridized carbons (Fsp3) is 0.391. The first-order valence-electron chi connectivity index (χ1n) is 11.2. The fourth-order valence-corrected chi connectivity index (χ4v) is 5.39. The molecular formula is C23H25N7OS.